The summed E-state index contributed by atoms with van der Waals surface area (Å²) in [6, 6.07) is 0.951. The van der Waals surface area contributed by atoms with Gasteiger partial charge in [-0.3, -0.25) is 4.90 Å². The Bertz CT molecular complexity index is 254. The van der Waals surface area contributed by atoms with E-state index in [0.29, 0.717) is 18.6 Å². The highest BCUT2D eigenvalue weighted by Crippen LogP contribution is 2.24. The van der Waals surface area contributed by atoms with Crippen molar-refractivity contribution in [1.82, 2.24) is 4.90 Å². The maximum absolute atomic E-state index is 9.99. The van der Waals surface area contributed by atoms with Crippen LogP contribution in [0.5, 0.6) is 0 Å². The second-order valence-corrected chi connectivity index (χ2v) is 4.06. The first-order chi connectivity index (χ1) is 6.66. The van der Waals surface area contributed by atoms with Crippen molar-refractivity contribution in [3.05, 3.63) is 12.2 Å². The molecule has 1 rings (SSSR count). The van der Waals surface area contributed by atoms with Crippen LogP contribution in [0.3, 0.4) is 0 Å². The molecule has 1 atom stereocenters. The van der Waals surface area contributed by atoms with E-state index in [2.05, 4.69) is 30.3 Å². The Balaban J connectivity index is 2.57. The summed E-state index contributed by atoms with van der Waals surface area (Å²) in [6.07, 6.45) is 3.92. The van der Waals surface area contributed by atoms with Crippen LogP contribution >= 0.6 is 0 Å². The van der Waals surface area contributed by atoms with Crippen LogP contribution < -0.4 is 0 Å². The maximum Gasteiger partial charge on any atom is 0.235 e. The molecule has 78 valence electrons. The van der Waals surface area contributed by atoms with Crippen LogP contribution in [0.15, 0.2) is 17.1 Å². The third-order valence-electron chi connectivity index (χ3n) is 2.78. The molecule has 1 aliphatic heterocycles. The van der Waals surface area contributed by atoms with E-state index in [1.54, 1.807) is 6.08 Å². The lowest BCUT2D eigenvalue weighted by atomic mass is 10.1. The van der Waals surface area contributed by atoms with Crippen LogP contribution in [0.1, 0.15) is 26.7 Å². The van der Waals surface area contributed by atoms with E-state index >= 15 is 0 Å². The van der Waals surface area contributed by atoms with Crippen LogP contribution in [-0.4, -0.2) is 36.2 Å². The molecule has 1 aliphatic rings. The van der Waals surface area contributed by atoms with Gasteiger partial charge in [0.15, 0.2) is 0 Å². The van der Waals surface area contributed by atoms with Crippen molar-refractivity contribution in [2.45, 2.75) is 38.8 Å². The first-order valence-corrected chi connectivity index (χ1v) is 5.14. The molecule has 0 amide bonds. The Morgan fingerprint density at radius 3 is 3.00 bits per heavy atom. The number of likely N-dealkylation sites (tertiary alicyclic amines) is 1. The van der Waals surface area contributed by atoms with Crippen molar-refractivity contribution in [2.75, 3.05) is 13.1 Å². The van der Waals surface area contributed by atoms with Crippen LogP contribution in [0, 0.1) is 0 Å². The smallest absolute Gasteiger partial charge is 0.235 e. The number of aliphatic imine (C=N–C) groups is 1. The van der Waals surface area contributed by atoms with Crippen molar-refractivity contribution in [3.63, 3.8) is 0 Å². The number of rotatable bonds is 4. The highest BCUT2D eigenvalue weighted by molar-refractivity contribution is 5.34. The standard InChI is InChI=1S/C11H18N2O/c1-9(2)13-6-4-5-11(13)10(3)7-12-8-14/h9,11H,3-7H2,1-2H3. The summed E-state index contributed by atoms with van der Waals surface area (Å²) in [5, 5.41) is 0. The van der Waals surface area contributed by atoms with Crippen molar-refractivity contribution >= 4 is 6.08 Å². The highest BCUT2D eigenvalue weighted by Gasteiger charge is 2.27. The molecule has 0 aromatic rings. The number of nitrogens with zero attached hydrogens (tertiary/aromatic N) is 2. The van der Waals surface area contributed by atoms with E-state index < -0.39 is 0 Å². The normalized spacial score (nSPS) is 22.4. The van der Waals surface area contributed by atoms with Gasteiger partial charge < -0.3 is 0 Å². The van der Waals surface area contributed by atoms with Crippen molar-refractivity contribution in [2.24, 2.45) is 4.99 Å². The van der Waals surface area contributed by atoms with Crippen LogP contribution in [0.25, 0.3) is 0 Å². The summed E-state index contributed by atoms with van der Waals surface area (Å²) in [7, 11) is 0. The van der Waals surface area contributed by atoms with E-state index in [0.717, 1.165) is 18.5 Å². The van der Waals surface area contributed by atoms with Gasteiger partial charge >= 0.3 is 0 Å². The van der Waals surface area contributed by atoms with Gasteiger partial charge in [-0.25, -0.2) is 9.79 Å². The Labute approximate surface area is 85.5 Å². The zero-order valence-corrected chi connectivity index (χ0v) is 8.99. The van der Waals surface area contributed by atoms with Crippen molar-refractivity contribution in [1.29, 1.82) is 0 Å². The van der Waals surface area contributed by atoms with Gasteiger partial charge in [-0.2, -0.15) is 0 Å². The molecule has 0 aliphatic carbocycles. The molecule has 0 aromatic heterocycles. The maximum atomic E-state index is 9.99. The fourth-order valence-corrected chi connectivity index (χ4v) is 2.08. The molecule has 1 unspecified atom stereocenters. The summed E-state index contributed by atoms with van der Waals surface area (Å²) < 4.78 is 0. The van der Waals surface area contributed by atoms with Gasteiger partial charge in [0, 0.05) is 12.1 Å². The molecule has 0 radical (unpaired) electrons. The molecular weight excluding hydrogens is 176 g/mol. The summed E-state index contributed by atoms with van der Waals surface area (Å²) in [6.45, 7) is 9.93. The van der Waals surface area contributed by atoms with E-state index in [4.69, 9.17) is 0 Å². The first kappa shape index (κ1) is 11.2. The fourth-order valence-electron chi connectivity index (χ4n) is 2.08. The third-order valence-corrected chi connectivity index (χ3v) is 2.78. The van der Waals surface area contributed by atoms with Gasteiger partial charge in [0.05, 0.1) is 6.54 Å². The number of carbonyl (C=O) groups excluding carboxylic acids is 1. The third kappa shape index (κ3) is 2.53. The number of hydrogen-bond acceptors (Lipinski definition) is 3. The first-order valence-electron chi connectivity index (χ1n) is 5.14. The quantitative estimate of drug-likeness (QED) is 0.388. The minimum atomic E-state index is 0.409. The molecule has 3 nitrogen and oxygen atoms in total. The minimum absolute atomic E-state index is 0.409. The summed E-state index contributed by atoms with van der Waals surface area (Å²) in [5.74, 6) is 0. The Morgan fingerprint density at radius 1 is 1.71 bits per heavy atom. The summed E-state index contributed by atoms with van der Waals surface area (Å²) in [5.41, 5.74) is 1.04. The topological polar surface area (TPSA) is 32.7 Å². The lowest BCUT2D eigenvalue weighted by Crippen LogP contribution is -2.36. The average Bonchev–Trinajstić information content (AvgIpc) is 2.62. The Hall–Kier alpha value is -0.920. The van der Waals surface area contributed by atoms with Gasteiger partial charge in [0.1, 0.15) is 0 Å². The minimum Gasteiger partial charge on any atom is -0.294 e. The highest BCUT2D eigenvalue weighted by atomic mass is 16.1. The monoisotopic (exact) mass is 194 g/mol. The second-order valence-electron chi connectivity index (χ2n) is 4.06. The molecule has 1 saturated heterocycles. The molecule has 0 aromatic carbocycles. The van der Waals surface area contributed by atoms with E-state index in [-0.39, 0.29) is 0 Å². The molecule has 14 heavy (non-hydrogen) atoms. The second kappa shape index (κ2) is 5.08. The SMILES string of the molecule is C=C(CN=C=O)C1CCCN1C(C)C. The molecule has 0 spiro atoms. The van der Waals surface area contributed by atoms with Crippen LogP contribution in [0.2, 0.25) is 0 Å². The largest absolute Gasteiger partial charge is 0.294 e. The molecular formula is C11H18N2O. The van der Waals surface area contributed by atoms with Crippen LogP contribution in [-0.2, 0) is 4.79 Å². The average molecular weight is 194 g/mol. The van der Waals surface area contributed by atoms with Gasteiger partial charge in [-0.15, -0.1) is 0 Å². The van der Waals surface area contributed by atoms with E-state index in [9.17, 15) is 4.79 Å². The Kier molecular flexibility index (Phi) is 4.05. The van der Waals surface area contributed by atoms with Crippen molar-refractivity contribution in [3.8, 4) is 0 Å². The van der Waals surface area contributed by atoms with Gasteiger partial charge in [0.2, 0.25) is 6.08 Å². The Morgan fingerprint density at radius 2 is 2.43 bits per heavy atom. The molecule has 3 heteroatoms. The fraction of sp³-hybridized carbons (Fsp3) is 0.727. The summed E-state index contributed by atoms with van der Waals surface area (Å²) >= 11 is 0. The van der Waals surface area contributed by atoms with Gasteiger partial charge in [0.25, 0.3) is 0 Å². The predicted molar refractivity (Wildman–Crippen MR) is 57.0 cm³/mol. The molecule has 0 saturated carbocycles. The van der Waals surface area contributed by atoms with Crippen molar-refractivity contribution < 1.29 is 4.79 Å². The lowest BCUT2D eigenvalue weighted by molar-refractivity contribution is 0.225. The molecule has 0 bridgehead atoms. The van der Waals surface area contributed by atoms with E-state index in [1.807, 2.05) is 0 Å². The zero-order valence-electron chi connectivity index (χ0n) is 8.99. The lowest BCUT2D eigenvalue weighted by Gasteiger charge is -2.29. The number of hydrogen-bond donors (Lipinski definition) is 0. The van der Waals surface area contributed by atoms with E-state index in [1.165, 1.54) is 6.42 Å². The predicted octanol–water partition coefficient (Wildman–Crippen LogP) is 1.75. The molecule has 1 fully saturated rings. The van der Waals surface area contributed by atoms with Gasteiger partial charge in [-0.05, 0) is 38.8 Å². The molecule has 1 heterocycles. The van der Waals surface area contributed by atoms with Crippen LogP contribution in [0.4, 0.5) is 0 Å². The van der Waals surface area contributed by atoms with Gasteiger partial charge in [-0.1, -0.05) is 6.58 Å². The molecule has 0 N–H and O–H groups in total. The summed E-state index contributed by atoms with van der Waals surface area (Å²) in [4.78, 5) is 16.0. The zero-order chi connectivity index (χ0) is 10.6. The number of isocyanates is 1.